The fourth-order valence-electron chi connectivity index (χ4n) is 5.79. The Morgan fingerprint density at radius 1 is 0.833 bits per heavy atom. The minimum atomic E-state index is -1.35. The van der Waals surface area contributed by atoms with E-state index >= 15 is 0 Å². The summed E-state index contributed by atoms with van der Waals surface area (Å²) in [5.74, 6) is -1.57. The Labute approximate surface area is 182 Å². The highest BCUT2D eigenvalue weighted by molar-refractivity contribution is 6.58. The van der Waals surface area contributed by atoms with Gasteiger partial charge in [0, 0.05) is 22.5 Å². The Balaban J connectivity index is 1.27. The van der Waals surface area contributed by atoms with Crippen molar-refractivity contribution >= 4 is 8.80 Å². The van der Waals surface area contributed by atoms with Gasteiger partial charge in [0.25, 0.3) is 0 Å². The Morgan fingerprint density at radius 3 is 1.97 bits per heavy atom. The van der Waals surface area contributed by atoms with Crippen LogP contribution in [0.2, 0.25) is 18.1 Å². The summed E-state index contributed by atoms with van der Waals surface area (Å²) < 4.78 is 45.4. The molecular formula is C25H39F3OSi. The van der Waals surface area contributed by atoms with Crippen molar-refractivity contribution in [3.05, 3.63) is 35.1 Å². The van der Waals surface area contributed by atoms with Crippen LogP contribution in [0.25, 0.3) is 0 Å². The maximum absolute atomic E-state index is 13.5. The third-order valence-corrected chi connectivity index (χ3v) is 11.3. The van der Waals surface area contributed by atoms with Gasteiger partial charge in [-0.05, 0) is 67.6 Å². The summed E-state index contributed by atoms with van der Waals surface area (Å²) in [7, 11) is 1.35. The van der Waals surface area contributed by atoms with Crippen LogP contribution in [-0.2, 0) is 4.74 Å². The Bertz CT molecular complexity index is 614. The molecule has 1 saturated heterocycles. The lowest BCUT2D eigenvalue weighted by Crippen LogP contribution is -2.21. The van der Waals surface area contributed by atoms with Gasteiger partial charge in [0.05, 0.1) is 0 Å². The van der Waals surface area contributed by atoms with Gasteiger partial charge in [-0.2, -0.15) is 0 Å². The number of hydrogen-bond donors (Lipinski definition) is 0. The van der Waals surface area contributed by atoms with Crippen LogP contribution in [-0.4, -0.2) is 22.5 Å². The van der Waals surface area contributed by atoms with Crippen molar-refractivity contribution in [1.82, 2.24) is 0 Å². The van der Waals surface area contributed by atoms with E-state index in [0.29, 0.717) is 5.56 Å². The molecule has 5 heteroatoms. The normalized spacial score (nSPS) is 27.3. The second kappa shape index (κ2) is 12.3. The van der Waals surface area contributed by atoms with Crippen molar-refractivity contribution in [2.45, 2.75) is 94.7 Å². The number of unbranched alkanes of at least 4 members (excludes halogenated alkanes) is 1. The SMILES string of the molecule is COCCC[Si@H]1CC[C@H](CCCC[C@H]2CC[C@H](c3cc(F)c(F)c(F)c3)CC2)CC1. The fourth-order valence-corrected chi connectivity index (χ4v) is 9.28. The molecule has 3 rings (SSSR count). The molecule has 0 spiro atoms. The summed E-state index contributed by atoms with van der Waals surface area (Å²) >= 11 is 0. The Morgan fingerprint density at radius 2 is 1.40 bits per heavy atom. The lowest BCUT2D eigenvalue weighted by molar-refractivity contribution is 0.199. The maximum atomic E-state index is 13.5. The zero-order chi connectivity index (χ0) is 21.3. The molecule has 0 aromatic heterocycles. The monoisotopic (exact) mass is 440 g/mol. The van der Waals surface area contributed by atoms with Crippen LogP contribution in [0.3, 0.4) is 0 Å². The number of methoxy groups -OCH3 is 1. The highest BCUT2D eigenvalue weighted by atomic mass is 28.3. The van der Waals surface area contributed by atoms with E-state index in [1.807, 2.05) is 0 Å². The molecule has 2 aliphatic rings. The molecule has 170 valence electrons. The van der Waals surface area contributed by atoms with E-state index < -0.39 is 26.2 Å². The molecular weight excluding hydrogens is 401 g/mol. The largest absolute Gasteiger partial charge is 0.385 e. The summed E-state index contributed by atoms with van der Waals surface area (Å²) in [5.41, 5.74) is 0.631. The molecule has 0 unspecified atom stereocenters. The topological polar surface area (TPSA) is 9.23 Å². The van der Waals surface area contributed by atoms with E-state index in [1.165, 1.54) is 63.1 Å². The number of benzene rings is 1. The number of rotatable bonds is 10. The lowest BCUT2D eigenvalue weighted by Gasteiger charge is -2.30. The zero-order valence-corrected chi connectivity index (χ0v) is 19.8. The van der Waals surface area contributed by atoms with E-state index in [4.69, 9.17) is 4.74 Å². The highest BCUT2D eigenvalue weighted by Gasteiger charge is 2.25. The van der Waals surface area contributed by atoms with Gasteiger partial charge in [0.1, 0.15) is 0 Å². The molecule has 30 heavy (non-hydrogen) atoms. The standard InChI is InChI=1S/C25H39F3OSi/c1-29-13-4-14-30-15-11-20(12-16-30)6-3-2-5-19-7-9-21(10-8-19)22-17-23(26)25(28)24(27)18-22/h17-21,30H,2-16H2,1H3/t19-,20-,21-,30-. The van der Waals surface area contributed by atoms with Crippen molar-refractivity contribution in [1.29, 1.82) is 0 Å². The predicted octanol–water partition coefficient (Wildman–Crippen LogP) is 7.61. The van der Waals surface area contributed by atoms with Crippen molar-refractivity contribution in [2.24, 2.45) is 11.8 Å². The minimum Gasteiger partial charge on any atom is -0.385 e. The summed E-state index contributed by atoms with van der Waals surface area (Å²) in [6, 6.07) is 6.95. The van der Waals surface area contributed by atoms with E-state index in [-0.39, 0.29) is 5.92 Å². The maximum Gasteiger partial charge on any atom is 0.194 e. The van der Waals surface area contributed by atoms with Crippen LogP contribution >= 0.6 is 0 Å². The fraction of sp³-hybridized carbons (Fsp3) is 0.760. The van der Waals surface area contributed by atoms with E-state index in [9.17, 15) is 13.2 Å². The third kappa shape index (κ3) is 7.12. The van der Waals surface area contributed by atoms with Crippen LogP contribution in [0.1, 0.15) is 82.1 Å². The van der Waals surface area contributed by atoms with Gasteiger partial charge in [-0.3, -0.25) is 0 Å². The van der Waals surface area contributed by atoms with E-state index in [1.54, 1.807) is 19.2 Å². The average molecular weight is 441 g/mol. The summed E-state index contributed by atoms with van der Waals surface area (Å²) in [6.07, 6.45) is 13.8. The quantitative estimate of drug-likeness (QED) is 0.207. The number of hydrogen-bond acceptors (Lipinski definition) is 1. The first-order valence-electron chi connectivity index (χ1n) is 12.2. The van der Waals surface area contributed by atoms with Gasteiger partial charge >= 0.3 is 0 Å². The lowest BCUT2D eigenvalue weighted by atomic mass is 9.77. The van der Waals surface area contributed by atoms with Gasteiger partial charge in [-0.1, -0.05) is 56.7 Å². The molecule has 0 amide bonds. The molecule has 1 aromatic carbocycles. The minimum absolute atomic E-state index is 0.175. The van der Waals surface area contributed by atoms with Gasteiger partial charge in [-0.15, -0.1) is 0 Å². The molecule has 1 aromatic rings. The zero-order valence-electron chi connectivity index (χ0n) is 18.6. The highest BCUT2D eigenvalue weighted by Crippen LogP contribution is 2.39. The molecule has 1 heterocycles. The summed E-state index contributed by atoms with van der Waals surface area (Å²) in [5, 5.41) is 0. The molecule has 0 bridgehead atoms. The van der Waals surface area contributed by atoms with Crippen LogP contribution in [0.5, 0.6) is 0 Å². The van der Waals surface area contributed by atoms with Crippen molar-refractivity contribution in [2.75, 3.05) is 13.7 Å². The third-order valence-electron chi connectivity index (χ3n) is 7.73. The smallest absolute Gasteiger partial charge is 0.194 e. The van der Waals surface area contributed by atoms with Crippen molar-refractivity contribution in [3.63, 3.8) is 0 Å². The number of halogens is 3. The molecule has 0 N–H and O–H groups in total. The molecule has 1 aliphatic heterocycles. The van der Waals surface area contributed by atoms with Crippen LogP contribution in [0.4, 0.5) is 13.2 Å². The average Bonchev–Trinajstić information content (AvgIpc) is 2.76. The van der Waals surface area contributed by atoms with Crippen molar-refractivity contribution in [3.8, 4) is 0 Å². The first-order valence-corrected chi connectivity index (χ1v) is 14.6. The first-order chi connectivity index (χ1) is 14.6. The van der Waals surface area contributed by atoms with Gasteiger partial charge < -0.3 is 4.74 Å². The second-order valence-electron chi connectivity index (χ2n) is 9.82. The van der Waals surface area contributed by atoms with Crippen LogP contribution in [0.15, 0.2) is 12.1 Å². The van der Waals surface area contributed by atoms with Gasteiger partial charge in [0.15, 0.2) is 17.5 Å². The molecule has 0 radical (unpaired) electrons. The van der Waals surface area contributed by atoms with Crippen LogP contribution < -0.4 is 0 Å². The summed E-state index contributed by atoms with van der Waals surface area (Å²) in [6.45, 7) is 0.937. The van der Waals surface area contributed by atoms with Gasteiger partial charge in [0.2, 0.25) is 0 Å². The first kappa shape index (κ1) is 23.8. The molecule has 1 aliphatic carbocycles. The van der Waals surface area contributed by atoms with Crippen LogP contribution in [0, 0.1) is 29.3 Å². The van der Waals surface area contributed by atoms with Crippen molar-refractivity contribution < 1.29 is 17.9 Å². The molecule has 1 saturated carbocycles. The molecule has 2 fully saturated rings. The van der Waals surface area contributed by atoms with E-state index in [0.717, 1.165) is 44.1 Å². The second-order valence-corrected chi connectivity index (χ2v) is 13.3. The number of ether oxygens (including phenoxy) is 1. The van der Waals surface area contributed by atoms with E-state index in [2.05, 4.69) is 0 Å². The Hall–Kier alpha value is -0.813. The molecule has 1 nitrogen and oxygen atoms in total. The van der Waals surface area contributed by atoms with Gasteiger partial charge in [-0.25, -0.2) is 13.2 Å². The predicted molar refractivity (Wildman–Crippen MR) is 120 cm³/mol. The molecule has 0 atom stereocenters. The Kier molecular flexibility index (Phi) is 9.76. The summed E-state index contributed by atoms with van der Waals surface area (Å²) in [4.78, 5) is 0.